The summed E-state index contributed by atoms with van der Waals surface area (Å²) in [6, 6.07) is 4.57. The molecule has 2 rings (SSSR count). The van der Waals surface area contributed by atoms with E-state index in [1.54, 1.807) is 16.4 Å². The van der Waals surface area contributed by atoms with Gasteiger partial charge in [-0.1, -0.05) is 24.1 Å². The molecule has 2 N–H and O–H groups in total. The van der Waals surface area contributed by atoms with E-state index in [-0.39, 0.29) is 29.4 Å². The number of hydrogen-bond acceptors (Lipinski definition) is 3. The number of piperidine rings is 1. The van der Waals surface area contributed by atoms with Gasteiger partial charge < -0.3 is 5.73 Å². The number of benzene rings is 1. The molecule has 0 radical (unpaired) electrons. The molecule has 0 saturated carbocycles. The van der Waals surface area contributed by atoms with Crippen molar-refractivity contribution in [2.45, 2.75) is 50.1 Å². The zero-order valence-corrected chi connectivity index (χ0v) is 14.6. The van der Waals surface area contributed by atoms with Crippen LogP contribution in [-0.2, 0) is 10.0 Å². The van der Waals surface area contributed by atoms with Crippen molar-refractivity contribution >= 4 is 34.0 Å². The Bertz CT molecular complexity index is 591. The first-order chi connectivity index (χ1) is 9.34. The Morgan fingerprint density at radius 2 is 2.05 bits per heavy atom. The number of nitrogens with zero attached hydrogens (tertiary/aromatic N) is 1. The second-order valence-corrected chi connectivity index (χ2v) is 7.75. The summed E-state index contributed by atoms with van der Waals surface area (Å²) in [4.78, 5) is 0.251. The van der Waals surface area contributed by atoms with Crippen LogP contribution in [0.15, 0.2) is 23.1 Å². The van der Waals surface area contributed by atoms with Crippen LogP contribution in [0.4, 0.5) is 0 Å². The Morgan fingerprint density at radius 1 is 1.38 bits per heavy atom. The van der Waals surface area contributed by atoms with Gasteiger partial charge in [0, 0.05) is 23.7 Å². The molecule has 2 unspecified atom stereocenters. The second-order valence-electron chi connectivity index (χ2n) is 5.45. The number of nitrogens with two attached hydrogens (primary N) is 1. The third-order valence-corrected chi connectivity index (χ3v) is 6.18. The predicted octanol–water partition coefficient (Wildman–Crippen LogP) is 2.96. The summed E-state index contributed by atoms with van der Waals surface area (Å²) in [5.74, 6) is 0. The van der Waals surface area contributed by atoms with Crippen LogP contribution in [-0.4, -0.2) is 31.4 Å². The molecule has 21 heavy (non-hydrogen) atoms. The molecule has 4 nitrogen and oxygen atoms in total. The fourth-order valence-electron chi connectivity index (χ4n) is 2.62. The predicted molar refractivity (Wildman–Crippen MR) is 88.6 cm³/mol. The van der Waals surface area contributed by atoms with E-state index in [4.69, 9.17) is 17.3 Å². The Balaban J connectivity index is 0.00000220. The van der Waals surface area contributed by atoms with E-state index >= 15 is 0 Å². The van der Waals surface area contributed by atoms with Gasteiger partial charge in [0.1, 0.15) is 0 Å². The molecule has 120 valence electrons. The van der Waals surface area contributed by atoms with E-state index in [1.807, 2.05) is 13.8 Å². The molecule has 2 atom stereocenters. The van der Waals surface area contributed by atoms with E-state index in [1.165, 1.54) is 6.07 Å². The van der Waals surface area contributed by atoms with Crippen LogP contribution in [0.1, 0.15) is 31.7 Å². The molecule has 0 bridgehead atoms. The first-order valence-corrected chi connectivity index (χ1v) is 8.69. The van der Waals surface area contributed by atoms with Gasteiger partial charge in [0.05, 0.1) is 4.90 Å². The van der Waals surface area contributed by atoms with Crippen LogP contribution < -0.4 is 5.73 Å². The zero-order chi connectivity index (χ0) is 14.9. The van der Waals surface area contributed by atoms with E-state index in [0.29, 0.717) is 11.6 Å². The number of halogens is 2. The van der Waals surface area contributed by atoms with Crippen LogP contribution in [0.25, 0.3) is 0 Å². The number of rotatable bonds is 3. The van der Waals surface area contributed by atoms with Crippen LogP contribution in [0, 0.1) is 6.92 Å². The molecular formula is C14H22Cl2N2O2S. The highest BCUT2D eigenvalue weighted by Gasteiger charge is 2.35. The van der Waals surface area contributed by atoms with Gasteiger partial charge in [-0.15, -0.1) is 12.4 Å². The Kier molecular flexibility index (Phi) is 6.50. The van der Waals surface area contributed by atoms with E-state index in [2.05, 4.69) is 0 Å². The number of aryl methyl sites for hydroxylation is 1. The van der Waals surface area contributed by atoms with Crippen LogP contribution >= 0.6 is 24.0 Å². The molecule has 1 aromatic carbocycles. The van der Waals surface area contributed by atoms with Crippen LogP contribution in [0.3, 0.4) is 0 Å². The minimum Gasteiger partial charge on any atom is -0.326 e. The van der Waals surface area contributed by atoms with Crippen molar-refractivity contribution in [3.63, 3.8) is 0 Å². The highest BCUT2D eigenvalue weighted by atomic mass is 35.5. The maximum Gasteiger partial charge on any atom is 0.243 e. The molecule has 0 amide bonds. The minimum absolute atomic E-state index is 0. The maximum absolute atomic E-state index is 12.8. The fraction of sp³-hybridized carbons (Fsp3) is 0.571. The van der Waals surface area contributed by atoms with Crippen molar-refractivity contribution in [2.75, 3.05) is 6.54 Å². The minimum atomic E-state index is -3.53. The van der Waals surface area contributed by atoms with Crippen molar-refractivity contribution < 1.29 is 8.42 Å². The molecule has 1 heterocycles. The smallest absolute Gasteiger partial charge is 0.243 e. The molecule has 1 aliphatic rings. The van der Waals surface area contributed by atoms with E-state index in [0.717, 1.165) is 24.8 Å². The lowest BCUT2D eigenvalue weighted by Crippen LogP contribution is -2.51. The number of hydrogen-bond donors (Lipinski definition) is 1. The lowest BCUT2D eigenvalue weighted by Gasteiger charge is -2.36. The van der Waals surface area contributed by atoms with Gasteiger partial charge in [-0.05, 0) is 44.4 Å². The average Bonchev–Trinajstić information content (AvgIpc) is 2.41. The average molecular weight is 353 g/mol. The first-order valence-electron chi connectivity index (χ1n) is 6.87. The SMILES string of the molecule is Cc1ccc(S(=O)(=O)N2CCCCC2C(C)N)cc1Cl.Cl. The quantitative estimate of drug-likeness (QED) is 0.909. The molecule has 0 aliphatic carbocycles. The monoisotopic (exact) mass is 352 g/mol. The van der Waals surface area contributed by atoms with Gasteiger partial charge in [-0.2, -0.15) is 4.31 Å². The third-order valence-electron chi connectivity index (χ3n) is 3.86. The largest absolute Gasteiger partial charge is 0.326 e. The summed E-state index contributed by atoms with van der Waals surface area (Å²) in [5, 5.41) is 0.473. The van der Waals surface area contributed by atoms with Crippen molar-refractivity contribution in [2.24, 2.45) is 5.73 Å². The summed E-state index contributed by atoms with van der Waals surface area (Å²) < 4.78 is 27.1. The van der Waals surface area contributed by atoms with Gasteiger partial charge in [-0.3, -0.25) is 0 Å². The topological polar surface area (TPSA) is 63.4 Å². The molecule has 1 saturated heterocycles. The maximum atomic E-state index is 12.8. The normalized spacial score (nSPS) is 21.6. The van der Waals surface area contributed by atoms with Gasteiger partial charge in [0.15, 0.2) is 0 Å². The lowest BCUT2D eigenvalue weighted by atomic mass is 10.00. The van der Waals surface area contributed by atoms with Gasteiger partial charge in [0.2, 0.25) is 10.0 Å². The van der Waals surface area contributed by atoms with E-state index < -0.39 is 10.0 Å². The fourth-order valence-corrected chi connectivity index (χ4v) is 4.67. The van der Waals surface area contributed by atoms with Gasteiger partial charge >= 0.3 is 0 Å². The van der Waals surface area contributed by atoms with Crippen molar-refractivity contribution in [1.29, 1.82) is 0 Å². The summed E-state index contributed by atoms with van der Waals surface area (Å²) in [7, 11) is -3.53. The van der Waals surface area contributed by atoms with Crippen molar-refractivity contribution in [3.8, 4) is 0 Å². The van der Waals surface area contributed by atoms with Crippen LogP contribution in [0.2, 0.25) is 5.02 Å². The lowest BCUT2D eigenvalue weighted by molar-refractivity contribution is 0.227. The Morgan fingerprint density at radius 3 is 2.62 bits per heavy atom. The molecule has 1 aliphatic heterocycles. The highest BCUT2D eigenvalue weighted by molar-refractivity contribution is 7.89. The molecule has 1 aromatic rings. The first kappa shape index (κ1) is 18.7. The molecule has 0 aromatic heterocycles. The van der Waals surface area contributed by atoms with E-state index in [9.17, 15) is 8.42 Å². The van der Waals surface area contributed by atoms with Crippen LogP contribution in [0.5, 0.6) is 0 Å². The van der Waals surface area contributed by atoms with Gasteiger partial charge in [0.25, 0.3) is 0 Å². The zero-order valence-electron chi connectivity index (χ0n) is 12.3. The van der Waals surface area contributed by atoms with Crippen molar-refractivity contribution in [3.05, 3.63) is 28.8 Å². The summed E-state index contributed by atoms with van der Waals surface area (Å²) >= 11 is 6.05. The third kappa shape index (κ3) is 3.90. The van der Waals surface area contributed by atoms with Crippen molar-refractivity contribution in [1.82, 2.24) is 4.31 Å². The standard InChI is InChI=1S/C14H21ClN2O2S.ClH/c1-10-6-7-12(9-13(10)15)20(18,19)17-8-4-3-5-14(17)11(2)16;/h6-7,9,11,14H,3-5,8,16H2,1-2H3;1H. The molecule has 1 fully saturated rings. The second kappa shape index (κ2) is 7.29. The highest BCUT2D eigenvalue weighted by Crippen LogP contribution is 2.28. The summed E-state index contributed by atoms with van der Waals surface area (Å²) in [6.45, 7) is 4.24. The number of sulfonamides is 1. The molecular weight excluding hydrogens is 331 g/mol. The Labute approximate surface area is 138 Å². The van der Waals surface area contributed by atoms with Gasteiger partial charge in [-0.25, -0.2) is 8.42 Å². The summed E-state index contributed by atoms with van der Waals surface area (Å²) in [6.07, 6.45) is 2.71. The molecule has 0 spiro atoms. The summed E-state index contributed by atoms with van der Waals surface area (Å²) in [5.41, 5.74) is 6.82. The Hall–Kier alpha value is -0.330. The molecule has 7 heteroatoms.